The SMILES string of the molecule is C/C=N/O/C(C)=C/C(/C=C/N(C)CCN(C)C=O)=N/C=N. The van der Waals surface area contributed by atoms with Gasteiger partial charge in [0.1, 0.15) is 12.1 Å². The van der Waals surface area contributed by atoms with Crippen molar-refractivity contribution in [3.8, 4) is 0 Å². The van der Waals surface area contributed by atoms with E-state index in [0.717, 1.165) is 12.7 Å². The van der Waals surface area contributed by atoms with Gasteiger partial charge in [0.05, 0.1) is 5.71 Å². The van der Waals surface area contributed by atoms with E-state index in [1.54, 1.807) is 37.9 Å². The summed E-state index contributed by atoms with van der Waals surface area (Å²) in [5.41, 5.74) is 0.574. The molecule has 1 amide bonds. The molecule has 0 saturated carbocycles. The molecule has 0 radical (unpaired) electrons. The molecule has 0 aromatic carbocycles. The number of likely N-dealkylation sites (N-methyl/N-ethyl adjacent to an activating group) is 2. The van der Waals surface area contributed by atoms with Gasteiger partial charge in [0.15, 0.2) is 0 Å². The van der Waals surface area contributed by atoms with Crippen LogP contribution in [0.4, 0.5) is 0 Å². The molecule has 0 unspecified atom stereocenters. The second kappa shape index (κ2) is 11.4. The molecular formula is C14H23N5O2. The number of nitrogens with zero attached hydrogens (tertiary/aromatic N) is 4. The summed E-state index contributed by atoms with van der Waals surface area (Å²) in [7, 11) is 3.62. The number of rotatable bonds is 10. The van der Waals surface area contributed by atoms with Crippen molar-refractivity contribution in [2.75, 3.05) is 27.2 Å². The van der Waals surface area contributed by atoms with E-state index in [1.165, 1.54) is 6.21 Å². The van der Waals surface area contributed by atoms with Gasteiger partial charge in [-0.1, -0.05) is 5.16 Å². The van der Waals surface area contributed by atoms with Gasteiger partial charge in [-0.05, 0) is 19.9 Å². The fraction of sp³-hybridized carbons (Fsp3) is 0.429. The first-order valence-corrected chi connectivity index (χ1v) is 6.47. The molecule has 0 aromatic rings. The van der Waals surface area contributed by atoms with Crippen molar-refractivity contribution in [2.45, 2.75) is 13.8 Å². The van der Waals surface area contributed by atoms with Crippen LogP contribution in [0.1, 0.15) is 13.8 Å². The normalized spacial score (nSPS) is 12.8. The Morgan fingerprint density at radius 3 is 2.52 bits per heavy atom. The van der Waals surface area contributed by atoms with Crippen LogP contribution in [0.3, 0.4) is 0 Å². The van der Waals surface area contributed by atoms with Crippen LogP contribution < -0.4 is 0 Å². The highest BCUT2D eigenvalue weighted by Crippen LogP contribution is 1.99. The van der Waals surface area contributed by atoms with E-state index in [0.29, 0.717) is 24.6 Å². The molecule has 0 aliphatic carbocycles. The Morgan fingerprint density at radius 2 is 1.95 bits per heavy atom. The molecule has 0 aliphatic heterocycles. The van der Waals surface area contributed by atoms with Gasteiger partial charge in [0, 0.05) is 45.7 Å². The van der Waals surface area contributed by atoms with Gasteiger partial charge in [-0.2, -0.15) is 0 Å². The lowest BCUT2D eigenvalue weighted by molar-refractivity contribution is -0.117. The summed E-state index contributed by atoms with van der Waals surface area (Å²) >= 11 is 0. The summed E-state index contributed by atoms with van der Waals surface area (Å²) in [6.45, 7) is 4.83. The quantitative estimate of drug-likeness (QED) is 0.218. The van der Waals surface area contributed by atoms with Crippen molar-refractivity contribution in [3.63, 3.8) is 0 Å². The number of amides is 1. The van der Waals surface area contributed by atoms with Crippen LogP contribution in [0, 0.1) is 5.41 Å². The number of oxime groups is 1. The summed E-state index contributed by atoms with van der Waals surface area (Å²) in [5.74, 6) is 0.571. The first-order valence-electron chi connectivity index (χ1n) is 6.47. The second-order valence-electron chi connectivity index (χ2n) is 4.28. The minimum absolute atomic E-state index is 0.571. The highest BCUT2D eigenvalue weighted by atomic mass is 16.6. The van der Waals surface area contributed by atoms with E-state index in [-0.39, 0.29) is 0 Å². The Bertz CT molecular complexity index is 441. The van der Waals surface area contributed by atoms with Gasteiger partial charge >= 0.3 is 0 Å². The van der Waals surface area contributed by atoms with Gasteiger partial charge in [-0.3, -0.25) is 10.2 Å². The summed E-state index contributed by atoms with van der Waals surface area (Å²) in [5, 5.41) is 10.7. The van der Waals surface area contributed by atoms with Crippen LogP contribution in [-0.4, -0.2) is 61.7 Å². The van der Waals surface area contributed by atoms with Gasteiger partial charge in [-0.15, -0.1) is 0 Å². The minimum Gasteiger partial charge on any atom is -0.379 e. The van der Waals surface area contributed by atoms with E-state index >= 15 is 0 Å². The van der Waals surface area contributed by atoms with Crippen LogP contribution in [0.15, 0.2) is 34.3 Å². The maximum absolute atomic E-state index is 10.5. The maximum atomic E-state index is 10.5. The van der Waals surface area contributed by atoms with Crippen molar-refractivity contribution < 1.29 is 9.63 Å². The monoisotopic (exact) mass is 293 g/mol. The number of carbonyl (C=O) groups excluding carboxylic acids is 1. The zero-order valence-corrected chi connectivity index (χ0v) is 13.0. The molecule has 116 valence electrons. The van der Waals surface area contributed by atoms with Crippen molar-refractivity contribution in [1.82, 2.24) is 9.80 Å². The Labute approximate surface area is 125 Å². The number of aliphatic imine (C=N–C) groups is 1. The number of carbonyl (C=O) groups is 1. The van der Waals surface area contributed by atoms with Gasteiger partial charge in [0.2, 0.25) is 6.41 Å². The zero-order chi connectivity index (χ0) is 16.1. The molecule has 21 heavy (non-hydrogen) atoms. The van der Waals surface area contributed by atoms with Crippen LogP contribution in [0.25, 0.3) is 0 Å². The number of hydrogen-bond acceptors (Lipinski definition) is 5. The van der Waals surface area contributed by atoms with E-state index in [4.69, 9.17) is 10.2 Å². The Hall–Kier alpha value is -2.44. The molecule has 7 nitrogen and oxygen atoms in total. The smallest absolute Gasteiger partial charge is 0.209 e. The standard InChI is InChI=1S/C14H23N5O2/c1-5-17-21-13(2)10-14(16-11-15)6-7-18(3)8-9-19(4)12-20/h5-7,10-12,15H,8-9H2,1-4H3/b7-6+,13-10+,15-11?,16-14+,17-5+. The van der Waals surface area contributed by atoms with E-state index < -0.39 is 0 Å². The van der Waals surface area contributed by atoms with Crippen LogP contribution in [0.5, 0.6) is 0 Å². The molecule has 0 bridgehead atoms. The minimum atomic E-state index is 0.571. The van der Waals surface area contributed by atoms with Crippen molar-refractivity contribution >= 4 is 24.7 Å². The van der Waals surface area contributed by atoms with Gasteiger partial charge in [-0.25, -0.2) is 4.99 Å². The highest BCUT2D eigenvalue weighted by molar-refractivity contribution is 6.07. The van der Waals surface area contributed by atoms with Gasteiger partial charge in [0.25, 0.3) is 0 Å². The third kappa shape index (κ3) is 10.1. The molecule has 0 spiro atoms. The third-order valence-corrected chi connectivity index (χ3v) is 2.35. The summed E-state index contributed by atoms with van der Waals surface area (Å²) in [4.78, 5) is 23.0. The Morgan fingerprint density at radius 1 is 1.29 bits per heavy atom. The molecule has 0 saturated heterocycles. The fourth-order valence-electron chi connectivity index (χ4n) is 1.22. The molecular weight excluding hydrogens is 270 g/mol. The molecule has 0 heterocycles. The fourth-order valence-corrected chi connectivity index (χ4v) is 1.22. The largest absolute Gasteiger partial charge is 0.379 e. The third-order valence-electron chi connectivity index (χ3n) is 2.35. The molecule has 0 aromatic heterocycles. The van der Waals surface area contributed by atoms with Gasteiger partial charge < -0.3 is 14.6 Å². The number of hydrogen-bond donors (Lipinski definition) is 1. The zero-order valence-electron chi connectivity index (χ0n) is 13.0. The average Bonchev–Trinajstić information content (AvgIpc) is 2.48. The van der Waals surface area contributed by atoms with Crippen LogP contribution >= 0.6 is 0 Å². The van der Waals surface area contributed by atoms with E-state index in [9.17, 15) is 4.79 Å². The first kappa shape index (κ1) is 18.6. The number of nitrogens with one attached hydrogen (secondary N) is 1. The summed E-state index contributed by atoms with van der Waals surface area (Å²) < 4.78 is 0. The predicted molar refractivity (Wildman–Crippen MR) is 85.7 cm³/mol. The highest BCUT2D eigenvalue weighted by Gasteiger charge is 1.97. The summed E-state index contributed by atoms with van der Waals surface area (Å²) in [6.07, 6.45) is 8.56. The van der Waals surface area contributed by atoms with E-state index in [2.05, 4.69) is 10.1 Å². The maximum Gasteiger partial charge on any atom is 0.209 e. The Kier molecular flexibility index (Phi) is 10.1. The van der Waals surface area contributed by atoms with Crippen LogP contribution in [-0.2, 0) is 9.63 Å². The predicted octanol–water partition coefficient (Wildman–Crippen LogP) is 1.49. The lowest BCUT2D eigenvalue weighted by Crippen LogP contribution is -2.27. The molecule has 1 N–H and O–H groups in total. The summed E-state index contributed by atoms with van der Waals surface area (Å²) in [6, 6.07) is 0. The van der Waals surface area contributed by atoms with Crippen molar-refractivity contribution in [3.05, 3.63) is 24.1 Å². The average molecular weight is 293 g/mol. The first-order chi connectivity index (χ1) is 10.0. The van der Waals surface area contributed by atoms with Crippen molar-refractivity contribution in [2.24, 2.45) is 10.1 Å². The molecule has 0 rings (SSSR count). The molecule has 0 aliphatic rings. The molecule has 0 fully saturated rings. The Balaban J connectivity index is 4.63. The lowest BCUT2D eigenvalue weighted by atomic mass is 10.3. The topological polar surface area (TPSA) is 81.3 Å². The van der Waals surface area contributed by atoms with Crippen LogP contribution in [0.2, 0.25) is 0 Å². The lowest BCUT2D eigenvalue weighted by Gasteiger charge is -2.17. The van der Waals surface area contributed by atoms with Crippen molar-refractivity contribution in [1.29, 1.82) is 5.41 Å². The molecule has 7 heteroatoms. The molecule has 0 atom stereocenters. The number of allylic oxidation sites excluding steroid dienone is 3. The second-order valence-corrected chi connectivity index (χ2v) is 4.28. The van der Waals surface area contributed by atoms with E-state index in [1.807, 2.05) is 18.1 Å².